The molecule has 138 valence electrons. The number of amides is 2. The number of imide groups is 1. The zero-order chi connectivity index (χ0) is 18.7. The van der Waals surface area contributed by atoms with Crippen molar-refractivity contribution in [3.8, 4) is 0 Å². The van der Waals surface area contributed by atoms with E-state index in [1.807, 2.05) is 37.3 Å². The largest absolute Gasteiger partial charge is 0.452 e. The number of benzene rings is 1. The Balaban J connectivity index is 2.95. The zero-order valence-corrected chi connectivity index (χ0v) is 15.7. The first kappa shape index (κ1) is 20.9. The Morgan fingerprint density at radius 1 is 1.20 bits per heavy atom. The molecule has 1 aromatic carbocycles. The third-order valence-corrected chi connectivity index (χ3v) is 4.48. The highest BCUT2D eigenvalue weighted by Crippen LogP contribution is 2.26. The highest BCUT2D eigenvalue weighted by atomic mass is 16.5. The summed E-state index contributed by atoms with van der Waals surface area (Å²) >= 11 is 0. The topological polar surface area (TPSA) is 46.6 Å². The molecule has 0 saturated heterocycles. The fourth-order valence-corrected chi connectivity index (χ4v) is 2.98. The second kappa shape index (κ2) is 11.5. The van der Waals surface area contributed by atoms with E-state index in [1.165, 1.54) is 12.0 Å². The van der Waals surface area contributed by atoms with E-state index in [0.717, 1.165) is 37.7 Å². The molecule has 0 spiro atoms. The highest BCUT2D eigenvalue weighted by Gasteiger charge is 2.33. The normalized spacial score (nSPS) is 12.9. The van der Waals surface area contributed by atoms with Crippen molar-refractivity contribution in [1.29, 1.82) is 0 Å². The van der Waals surface area contributed by atoms with Crippen molar-refractivity contribution >= 4 is 12.0 Å². The van der Waals surface area contributed by atoms with Gasteiger partial charge in [-0.05, 0) is 25.3 Å². The monoisotopic (exact) mass is 345 g/mol. The minimum absolute atomic E-state index is 0.181. The molecule has 0 aromatic heterocycles. The Hall–Kier alpha value is -2.10. The number of ether oxygens (including phenoxy) is 1. The summed E-state index contributed by atoms with van der Waals surface area (Å²) in [5.41, 5.74) is 0.907. The molecule has 2 amide bonds. The molecule has 0 saturated carbocycles. The van der Waals surface area contributed by atoms with E-state index in [2.05, 4.69) is 13.5 Å². The summed E-state index contributed by atoms with van der Waals surface area (Å²) in [7, 11) is 1.31. The minimum atomic E-state index is -0.607. The van der Waals surface area contributed by atoms with Crippen LogP contribution in [0.1, 0.15) is 64.0 Å². The molecule has 2 atom stereocenters. The number of nitrogens with zero attached hydrogens (tertiary/aromatic N) is 1. The summed E-state index contributed by atoms with van der Waals surface area (Å²) in [6.07, 6.45) is 6.88. The molecule has 4 nitrogen and oxygen atoms in total. The lowest BCUT2D eigenvalue weighted by atomic mass is 9.94. The van der Waals surface area contributed by atoms with Crippen LogP contribution in [0.15, 0.2) is 43.0 Å². The maximum absolute atomic E-state index is 13.1. The van der Waals surface area contributed by atoms with Crippen LogP contribution in [0.3, 0.4) is 0 Å². The van der Waals surface area contributed by atoms with E-state index in [1.54, 1.807) is 6.08 Å². The molecule has 0 aliphatic heterocycles. The van der Waals surface area contributed by atoms with E-state index in [0.29, 0.717) is 6.42 Å². The number of hydrogen-bond acceptors (Lipinski definition) is 3. The van der Waals surface area contributed by atoms with E-state index in [9.17, 15) is 9.59 Å². The van der Waals surface area contributed by atoms with Gasteiger partial charge in [-0.2, -0.15) is 0 Å². The minimum Gasteiger partial charge on any atom is -0.452 e. The van der Waals surface area contributed by atoms with Gasteiger partial charge in [0.2, 0.25) is 5.91 Å². The van der Waals surface area contributed by atoms with Crippen LogP contribution < -0.4 is 0 Å². The van der Waals surface area contributed by atoms with Crippen molar-refractivity contribution < 1.29 is 14.3 Å². The lowest BCUT2D eigenvalue weighted by Gasteiger charge is -2.29. The number of carbonyl (C=O) groups excluding carboxylic acids is 2. The van der Waals surface area contributed by atoms with Gasteiger partial charge < -0.3 is 4.74 Å². The van der Waals surface area contributed by atoms with Gasteiger partial charge in [-0.25, -0.2) is 9.69 Å². The van der Waals surface area contributed by atoms with Crippen LogP contribution in [-0.2, 0) is 9.53 Å². The molecule has 0 aliphatic carbocycles. The van der Waals surface area contributed by atoms with Crippen LogP contribution in [0.2, 0.25) is 0 Å². The van der Waals surface area contributed by atoms with Gasteiger partial charge >= 0.3 is 6.09 Å². The van der Waals surface area contributed by atoms with Crippen molar-refractivity contribution in [2.45, 2.75) is 58.4 Å². The van der Waals surface area contributed by atoms with E-state index in [4.69, 9.17) is 4.74 Å². The second-order valence-electron chi connectivity index (χ2n) is 6.34. The van der Waals surface area contributed by atoms with Crippen LogP contribution >= 0.6 is 0 Å². The molecule has 25 heavy (non-hydrogen) atoms. The van der Waals surface area contributed by atoms with Gasteiger partial charge in [0.15, 0.2) is 0 Å². The van der Waals surface area contributed by atoms with Gasteiger partial charge in [0.1, 0.15) is 0 Å². The van der Waals surface area contributed by atoms with Gasteiger partial charge in [0.25, 0.3) is 0 Å². The second-order valence-corrected chi connectivity index (χ2v) is 6.34. The third-order valence-electron chi connectivity index (χ3n) is 4.48. The smallest absolute Gasteiger partial charge is 0.416 e. The maximum atomic E-state index is 13.1. The van der Waals surface area contributed by atoms with Gasteiger partial charge in [0.05, 0.1) is 13.2 Å². The predicted octanol–water partition coefficient (Wildman–Crippen LogP) is 5.51. The molecule has 0 bridgehead atoms. The van der Waals surface area contributed by atoms with Crippen molar-refractivity contribution in [1.82, 2.24) is 4.90 Å². The van der Waals surface area contributed by atoms with Crippen LogP contribution in [0.25, 0.3) is 0 Å². The Morgan fingerprint density at radius 3 is 2.44 bits per heavy atom. The Bertz CT molecular complexity index is 541. The molecule has 0 heterocycles. The average molecular weight is 345 g/mol. The summed E-state index contributed by atoms with van der Waals surface area (Å²) < 4.78 is 4.89. The molecule has 0 fully saturated rings. The summed E-state index contributed by atoms with van der Waals surface area (Å²) in [6.45, 7) is 7.78. The molecular formula is C21H31NO3. The molecule has 1 aromatic rings. The molecule has 1 rings (SSSR count). The molecule has 0 aliphatic rings. The maximum Gasteiger partial charge on any atom is 0.416 e. The standard InChI is InChI=1S/C21H31NO3/c1-5-7-8-10-16-19(13-6-2)20(23)22(21(24)25-4)17(3)18-14-11-9-12-15-18/h6,9,11-12,14-15,17,19H,2,5,7-8,10,13,16H2,1,3-4H3. The summed E-state index contributed by atoms with van der Waals surface area (Å²) in [6, 6.07) is 9.17. The molecular weight excluding hydrogens is 314 g/mol. The summed E-state index contributed by atoms with van der Waals surface area (Å²) in [5, 5.41) is 0. The van der Waals surface area contributed by atoms with Crippen LogP contribution in [-0.4, -0.2) is 24.0 Å². The van der Waals surface area contributed by atoms with Crippen LogP contribution in [0.5, 0.6) is 0 Å². The highest BCUT2D eigenvalue weighted by molar-refractivity contribution is 5.93. The summed E-state index contributed by atoms with van der Waals surface area (Å²) in [4.78, 5) is 26.7. The lowest BCUT2D eigenvalue weighted by molar-refractivity contribution is -0.135. The van der Waals surface area contributed by atoms with Crippen molar-refractivity contribution in [3.63, 3.8) is 0 Å². The SMILES string of the molecule is C=CCC(CCCCCC)C(=O)N(C(=O)OC)C(C)c1ccccc1. The molecule has 4 heteroatoms. The number of methoxy groups -OCH3 is 1. The van der Waals surface area contributed by atoms with Gasteiger partial charge in [0, 0.05) is 5.92 Å². The quantitative estimate of drug-likeness (QED) is 0.415. The fraction of sp³-hybridized carbons (Fsp3) is 0.524. The van der Waals surface area contributed by atoms with Crippen molar-refractivity contribution in [2.24, 2.45) is 5.92 Å². The average Bonchev–Trinajstić information content (AvgIpc) is 2.64. The molecule has 0 radical (unpaired) electrons. The first-order valence-corrected chi connectivity index (χ1v) is 9.13. The van der Waals surface area contributed by atoms with Crippen molar-refractivity contribution in [2.75, 3.05) is 7.11 Å². The van der Waals surface area contributed by atoms with Crippen LogP contribution in [0.4, 0.5) is 4.79 Å². The number of allylic oxidation sites excluding steroid dienone is 1. The van der Waals surface area contributed by atoms with Gasteiger partial charge in [-0.3, -0.25) is 4.79 Å². The van der Waals surface area contributed by atoms with E-state index < -0.39 is 6.09 Å². The summed E-state index contributed by atoms with van der Waals surface area (Å²) in [5.74, 6) is -0.417. The van der Waals surface area contributed by atoms with Gasteiger partial charge in [-0.1, -0.05) is 69.0 Å². The Morgan fingerprint density at radius 2 is 1.88 bits per heavy atom. The number of carbonyl (C=O) groups is 2. The van der Waals surface area contributed by atoms with E-state index >= 15 is 0 Å². The predicted molar refractivity (Wildman–Crippen MR) is 101 cm³/mol. The molecule has 2 unspecified atom stereocenters. The zero-order valence-electron chi connectivity index (χ0n) is 15.7. The van der Waals surface area contributed by atoms with Gasteiger partial charge in [-0.15, -0.1) is 6.58 Å². The number of unbranched alkanes of at least 4 members (excludes halogenated alkanes) is 3. The Labute approximate surface area is 151 Å². The fourth-order valence-electron chi connectivity index (χ4n) is 2.98. The first-order chi connectivity index (χ1) is 12.1. The Kier molecular flexibility index (Phi) is 9.60. The number of rotatable bonds is 10. The first-order valence-electron chi connectivity index (χ1n) is 9.13. The van der Waals surface area contributed by atoms with E-state index in [-0.39, 0.29) is 17.9 Å². The van der Waals surface area contributed by atoms with Crippen LogP contribution in [0, 0.1) is 5.92 Å². The lowest BCUT2D eigenvalue weighted by Crippen LogP contribution is -2.42. The third kappa shape index (κ3) is 6.37. The van der Waals surface area contributed by atoms with Crippen molar-refractivity contribution in [3.05, 3.63) is 48.6 Å². The molecule has 0 N–H and O–H groups in total. The number of hydrogen-bond donors (Lipinski definition) is 0.